The van der Waals surface area contributed by atoms with Crippen molar-refractivity contribution in [3.8, 4) is 5.75 Å². The van der Waals surface area contributed by atoms with E-state index >= 15 is 4.79 Å². The van der Waals surface area contributed by atoms with E-state index in [4.69, 9.17) is 0 Å². The fraction of sp³-hybridized carbons (Fsp3) is 0.209. The second-order valence-electron chi connectivity index (χ2n) is 14.3. The first-order valence-corrected chi connectivity index (χ1v) is 18.3. The molecule has 5 aromatic rings. The van der Waals surface area contributed by atoms with E-state index in [9.17, 15) is 19.5 Å². The van der Waals surface area contributed by atoms with Crippen molar-refractivity contribution in [2.75, 3.05) is 10.3 Å². The van der Waals surface area contributed by atoms with Crippen LogP contribution in [0.4, 0.5) is 11.4 Å². The van der Waals surface area contributed by atoms with Crippen molar-refractivity contribution in [2.24, 2.45) is 23.7 Å². The van der Waals surface area contributed by atoms with Crippen molar-refractivity contribution in [1.29, 1.82) is 0 Å². The molecule has 8 nitrogen and oxygen atoms in total. The number of rotatable bonds is 5. The molecule has 2 aliphatic carbocycles. The Balaban J connectivity index is 1.26. The van der Waals surface area contributed by atoms with Crippen molar-refractivity contribution in [2.45, 2.75) is 31.1 Å². The van der Waals surface area contributed by atoms with Crippen LogP contribution in [0.25, 0.3) is 10.8 Å². The number of fused-ring (bicyclic) bond motifs is 5. The molecular formula is C43H34BrN3O5. The van der Waals surface area contributed by atoms with Crippen LogP contribution in [0.5, 0.6) is 5.75 Å². The molecule has 3 fully saturated rings. The number of nitrogens with one attached hydrogen (secondary N) is 1. The first-order chi connectivity index (χ1) is 25.2. The average Bonchev–Trinajstić information content (AvgIpc) is 3.54. The zero-order valence-electron chi connectivity index (χ0n) is 28.2. The molecule has 0 radical (unpaired) electrons. The van der Waals surface area contributed by atoms with E-state index in [1.165, 1.54) is 4.90 Å². The minimum atomic E-state index is -1.47. The number of anilines is 2. The first-order valence-electron chi connectivity index (χ1n) is 17.5. The van der Waals surface area contributed by atoms with Crippen molar-refractivity contribution in [1.82, 2.24) is 5.01 Å². The third-order valence-corrected chi connectivity index (χ3v) is 12.2. The zero-order chi connectivity index (χ0) is 35.9. The largest absolute Gasteiger partial charge is 0.507 e. The Morgan fingerprint density at radius 3 is 2.23 bits per heavy atom. The number of allylic oxidation sites excluding steroid dienone is 2. The smallest absolute Gasteiger partial charge is 0.260 e. The summed E-state index contributed by atoms with van der Waals surface area (Å²) in [5, 5.41) is 14.8. The average molecular weight is 753 g/mol. The second-order valence-corrected chi connectivity index (χ2v) is 15.2. The summed E-state index contributed by atoms with van der Waals surface area (Å²) in [6, 6.07) is 35.2. The molecule has 4 aliphatic rings. The molecule has 2 heterocycles. The Hall–Kier alpha value is -5.54. The number of halogens is 1. The highest BCUT2D eigenvalue weighted by Gasteiger charge is 2.70. The lowest BCUT2D eigenvalue weighted by molar-refractivity contribution is -0.138. The quantitative estimate of drug-likeness (QED) is 0.140. The summed E-state index contributed by atoms with van der Waals surface area (Å²) in [4.78, 5) is 60.2. The van der Waals surface area contributed by atoms with Gasteiger partial charge in [-0.05, 0) is 73.0 Å². The molecule has 9 heteroatoms. The Kier molecular flexibility index (Phi) is 7.48. The standard InChI is InChI=1S/C43H34BrN3O5/c1-24-11-16-28(17-12-24)45-47-40(50)35-23-34-31(21-22-32-36(34)41(51)46(39(32)49)29-18-14-27(44)15-19-29)37(43(35,42(47)52)26-8-3-2-4-9-26)33-20-13-25-7-5-6-10-30(25)38(33)48/h2-21,32,34-37,45,48H,22-23H2,1H3/t32-,34+,35-,36-,37+,43+/m0/s1. The predicted molar refractivity (Wildman–Crippen MR) is 201 cm³/mol. The highest BCUT2D eigenvalue weighted by molar-refractivity contribution is 9.10. The molecular weight excluding hydrogens is 718 g/mol. The molecule has 0 bridgehead atoms. The molecule has 0 spiro atoms. The normalized spacial score (nSPS) is 26.7. The number of amides is 4. The van der Waals surface area contributed by atoms with E-state index in [1.807, 2.05) is 104 Å². The van der Waals surface area contributed by atoms with Gasteiger partial charge < -0.3 is 5.11 Å². The molecule has 0 aromatic heterocycles. The molecule has 2 aliphatic heterocycles. The summed E-state index contributed by atoms with van der Waals surface area (Å²) < 4.78 is 0.826. The van der Waals surface area contributed by atoms with E-state index in [2.05, 4.69) is 21.4 Å². The van der Waals surface area contributed by atoms with Crippen molar-refractivity contribution in [3.05, 3.63) is 148 Å². The number of carbonyl (C=O) groups is 4. The minimum Gasteiger partial charge on any atom is -0.507 e. The van der Waals surface area contributed by atoms with Gasteiger partial charge in [0.05, 0.1) is 34.5 Å². The highest BCUT2D eigenvalue weighted by Crippen LogP contribution is 2.65. The third-order valence-electron chi connectivity index (χ3n) is 11.7. The van der Waals surface area contributed by atoms with Gasteiger partial charge in [-0.1, -0.05) is 112 Å². The second kappa shape index (κ2) is 12.0. The number of phenolic OH excluding ortho intramolecular Hbond substituents is 1. The summed E-state index contributed by atoms with van der Waals surface area (Å²) >= 11 is 3.44. The van der Waals surface area contributed by atoms with Crippen molar-refractivity contribution < 1.29 is 24.3 Å². The summed E-state index contributed by atoms with van der Waals surface area (Å²) in [5.41, 5.74) is 5.71. The molecule has 4 amide bonds. The monoisotopic (exact) mass is 751 g/mol. The van der Waals surface area contributed by atoms with E-state index in [0.29, 0.717) is 34.3 Å². The maximum Gasteiger partial charge on any atom is 0.260 e. The number of aryl methyl sites for hydroxylation is 1. The van der Waals surface area contributed by atoms with Crippen LogP contribution in [0.3, 0.4) is 0 Å². The van der Waals surface area contributed by atoms with Crippen molar-refractivity contribution >= 4 is 61.7 Å². The molecule has 9 rings (SSSR count). The Morgan fingerprint density at radius 1 is 0.769 bits per heavy atom. The van der Waals surface area contributed by atoms with Gasteiger partial charge in [-0.2, -0.15) is 5.01 Å². The summed E-state index contributed by atoms with van der Waals surface area (Å²) in [6.45, 7) is 1.96. The summed E-state index contributed by atoms with van der Waals surface area (Å²) in [7, 11) is 0. The molecule has 2 N–H and O–H groups in total. The van der Waals surface area contributed by atoms with Gasteiger partial charge in [0, 0.05) is 21.3 Å². The van der Waals surface area contributed by atoms with Crippen LogP contribution in [0.1, 0.15) is 35.4 Å². The lowest BCUT2D eigenvalue weighted by Crippen LogP contribution is -2.53. The maximum absolute atomic E-state index is 15.4. The van der Waals surface area contributed by atoms with Crippen molar-refractivity contribution in [3.63, 3.8) is 0 Å². The van der Waals surface area contributed by atoms with Crippen LogP contribution in [0, 0.1) is 30.6 Å². The van der Waals surface area contributed by atoms with E-state index in [0.717, 1.165) is 26.0 Å². The van der Waals surface area contributed by atoms with Crippen LogP contribution >= 0.6 is 15.9 Å². The SMILES string of the molecule is Cc1ccc(NN2C(=O)[C@@H]3C[C@@H]4C(=CC[C@@H]5C(=O)N(c6ccc(Br)cc6)C(=O)[C@@H]54)[C@H](c4ccc5ccccc5c4O)[C@]3(c3ccccc3)C2=O)cc1. The summed E-state index contributed by atoms with van der Waals surface area (Å²) in [6.07, 6.45) is 2.48. The summed E-state index contributed by atoms with van der Waals surface area (Å²) in [5.74, 6) is -5.04. The first kappa shape index (κ1) is 32.4. The lowest BCUT2D eigenvalue weighted by atomic mass is 9.49. The van der Waals surface area contributed by atoms with Gasteiger partial charge in [-0.25, -0.2) is 0 Å². The number of carbonyl (C=O) groups excluding carboxylic acids is 4. The maximum atomic E-state index is 15.4. The highest BCUT2D eigenvalue weighted by atomic mass is 79.9. The van der Waals surface area contributed by atoms with Gasteiger partial charge in [-0.3, -0.25) is 29.5 Å². The predicted octanol–water partition coefficient (Wildman–Crippen LogP) is 7.81. The van der Waals surface area contributed by atoms with Crippen LogP contribution in [0.15, 0.2) is 131 Å². The molecule has 6 atom stereocenters. The van der Waals surface area contributed by atoms with Gasteiger partial charge >= 0.3 is 0 Å². The third kappa shape index (κ3) is 4.58. The Morgan fingerprint density at radius 2 is 1.48 bits per heavy atom. The van der Waals surface area contributed by atoms with Gasteiger partial charge in [0.25, 0.3) is 11.8 Å². The molecule has 1 saturated carbocycles. The van der Waals surface area contributed by atoms with Gasteiger partial charge in [0.1, 0.15) is 5.75 Å². The van der Waals surface area contributed by atoms with E-state index < -0.39 is 46.8 Å². The number of hydrogen-bond donors (Lipinski definition) is 2. The number of aromatic hydroxyl groups is 1. The number of phenols is 1. The lowest BCUT2D eigenvalue weighted by Gasteiger charge is -2.50. The number of nitrogens with zero attached hydrogens (tertiary/aromatic N) is 2. The molecule has 0 unspecified atom stereocenters. The van der Waals surface area contributed by atoms with Crippen LogP contribution in [0.2, 0.25) is 0 Å². The number of hydrogen-bond acceptors (Lipinski definition) is 6. The zero-order valence-corrected chi connectivity index (χ0v) is 29.8. The molecule has 2 saturated heterocycles. The Labute approximate surface area is 308 Å². The fourth-order valence-electron chi connectivity index (χ4n) is 9.44. The Bertz CT molecular complexity index is 2340. The minimum absolute atomic E-state index is 0.0244. The van der Waals surface area contributed by atoms with E-state index in [1.54, 1.807) is 24.3 Å². The fourth-order valence-corrected chi connectivity index (χ4v) is 9.71. The topological polar surface area (TPSA) is 107 Å². The number of benzene rings is 5. The molecule has 258 valence electrons. The number of imide groups is 2. The molecule has 52 heavy (non-hydrogen) atoms. The van der Waals surface area contributed by atoms with Gasteiger partial charge in [-0.15, -0.1) is 0 Å². The molecule has 5 aromatic carbocycles. The van der Waals surface area contributed by atoms with Crippen LogP contribution in [-0.2, 0) is 24.6 Å². The van der Waals surface area contributed by atoms with Crippen LogP contribution < -0.4 is 10.3 Å². The van der Waals surface area contributed by atoms with Gasteiger partial charge in [0.2, 0.25) is 11.8 Å². The van der Waals surface area contributed by atoms with Crippen LogP contribution in [-0.4, -0.2) is 33.7 Å². The van der Waals surface area contributed by atoms with Gasteiger partial charge in [0.15, 0.2) is 0 Å². The van der Waals surface area contributed by atoms with E-state index in [-0.39, 0.29) is 24.0 Å². The number of hydrazine groups is 1.